The van der Waals surface area contributed by atoms with E-state index in [2.05, 4.69) is 4.72 Å². The normalized spacial score (nSPS) is 11.8. The number of thiophene rings is 1. The summed E-state index contributed by atoms with van der Waals surface area (Å²) in [5, 5.41) is 3.97. The van der Waals surface area contributed by atoms with Gasteiger partial charge in [-0.2, -0.15) is 11.3 Å². The maximum absolute atomic E-state index is 12.5. The number of sulfonamides is 1. The molecule has 0 unspecified atom stereocenters. The van der Waals surface area contributed by atoms with Gasteiger partial charge in [-0.25, -0.2) is 13.1 Å². The van der Waals surface area contributed by atoms with Crippen LogP contribution in [0.5, 0.6) is 0 Å². The average molecular weight is 324 g/mol. The van der Waals surface area contributed by atoms with E-state index in [0.29, 0.717) is 18.0 Å². The Morgan fingerprint density at radius 1 is 1.14 bits per heavy atom. The van der Waals surface area contributed by atoms with Crippen molar-refractivity contribution in [2.45, 2.75) is 38.8 Å². The van der Waals surface area contributed by atoms with Gasteiger partial charge in [0, 0.05) is 13.1 Å². The van der Waals surface area contributed by atoms with Gasteiger partial charge in [0.25, 0.3) is 0 Å². The van der Waals surface area contributed by atoms with E-state index in [-0.39, 0.29) is 0 Å². The molecule has 2 rings (SSSR count). The van der Waals surface area contributed by atoms with Crippen LogP contribution < -0.4 is 10.5 Å². The minimum atomic E-state index is -3.54. The highest BCUT2D eigenvalue weighted by atomic mass is 32.2. The topological polar surface area (TPSA) is 72.2 Å². The largest absolute Gasteiger partial charge is 0.326 e. The standard InChI is InChI=1S/C15H20N2O2S2/c1-10-4-13(6-16)5-15(12(10)3)21(18,19)17-7-14-9-20-8-11(14)2/h4-5,8-9,17H,6-7,16H2,1-3H3. The summed E-state index contributed by atoms with van der Waals surface area (Å²) < 4.78 is 27.7. The number of hydrogen-bond donors (Lipinski definition) is 2. The summed E-state index contributed by atoms with van der Waals surface area (Å²) >= 11 is 1.57. The van der Waals surface area contributed by atoms with Gasteiger partial charge in [0.15, 0.2) is 0 Å². The van der Waals surface area contributed by atoms with Crippen LogP contribution in [0, 0.1) is 20.8 Å². The van der Waals surface area contributed by atoms with Crippen LogP contribution in [-0.4, -0.2) is 8.42 Å². The first-order chi connectivity index (χ1) is 9.85. The molecule has 0 aliphatic heterocycles. The quantitative estimate of drug-likeness (QED) is 0.888. The van der Waals surface area contributed by atoms with Crippen LogP contribution in [0.15, 0.2) is 27.8 Å². The van der Waals surface area contributed by atoms with Crippen LogP contribution >= 0.6 is 11.3 Å². The maximum atomic E-state index is 12.5. The van der Waals surface area contributed by atoms with Crippen LogP contribution in [0.25, 0.3) is 0 Å². The summed E-state index contributed by atoms with van der Waals surface area (Å²) in [6.45, 7) is 6.33. The lowest BCUT2D eigenvalue weighted by molar-refractivity contribution is 0.580. The molecule has 1 aromatic heterocycles. The van der Waals surface area contributed by atoms with Crippen LogP contribution in [0.3, 0.4) is 0 Å². The highest BCUT2D eigenvalue weighted by Crippen LogP contribution is 2.22. The fraction of sp³-hybridized carbons (Fsp3) is 0.333. The first-order valence-corrected chi connectivity index (χ1v) is 9.09. The van der Waals surface area contributed by atoms with E-state index in [1.807, 2.05) is 37.6 Å². The summed E-state index contributed by atoms with van der Waals surface area (Å²) in [6, 6.07) is 3.59. The molecule has 0 radical (unpaired) electrons. The Morgan fingerprint density at radius 2 is 1.86 bits per heavy atom. The molecule has 0 saturated carbocycles. The van der Waals surface area contributed by atoms with E-state index in [1.54, 1.807) is 17.4 Å². The summed E-state index contributed by atoms with van der Waals surface area (Å²) in [5.41, 5.74) is 10.3. The Bertz CT molecular complexity index is 749. The molecular formula is C15H20N2O2S2. The Hall–Kier alpha value is -1.21. The molecule has 0 aliphatic rings. The van der Waals surface area contributed by atoms with Crippen molar-refractivity contribution in [3.8, 4) is 0 Å². The van der Waals surface area contributed by atoms with Gasteiger partial charge in [0.2, 0.25) is 10.0 Å². The summed E-state index contributed by atoms with van der Waals surface area (Å²) in [7, 11) is -3.54. The highest BCUT2D eigenvalue weighted by Gasteiger charge is 2.19. The Morgan fingerprint density at radius 3 is 2.43 bits per heavy atom. The van der Waals surface area contributed by atoms with E-state index in [0.717, 1.165) is 27.8 Å². The van der Waals surface area contributed by atoms with Crippen molar-refractivity contribution in [3.05, 3.63) is 50.7 Å². The maximum Gasteiger partial charge on any atom is 0.241 e. The first-order valence-electron chi connectivity index (χ1n) is 6.66. The van der Waals surface area contributed by atoms with E-state index < -0.39 is 10.0 Å². The number of nitrogens with one attached hydrogen (secondary N) is 1. The second-order valence-corrected chi connectivity index (χ2v) is 7.62. The molecule has 0 saturated heterocycles. The molecule has 0 bridgehead atoms. The molecule has 2 aromatic rings. The number of nitrogens with two attached hydrogens (primary N) is 1. The smallest absolute Gasteiger partial charge is 0.241 e. The zero-order chi connectivity index (χ0) is 15.6. The molecule has 6 heteroatoms. The zero-order valence-corrected chi connectivity index (χ0v) is 14.1. The second kappa shape index (κ2) is 6.27. The zero-order valence-electron chi connectivity index (χ0n) is 12.4. The monoisotopic (exact) mass is 324 g/mol. The molecule has 3 N–H and O–H groups in total. The van der Waals surface area contributed by atoms with Crippen LogP contribution in [0.2, 0.25) is 0 Å². The lowest BCUT2D eigenvalue weighted by Crippen LogP contribution is -2.24. The number of aryl methyl sites for hydroxylation is 2. The second-order valence-electron chi connectivity index (χ2n) is 5.14. The third-order valence-corrected chi connectivity index (χ3v) is 6.06. The third kappa shape index (κ3) is 3.52. The van der Waals surface area contributed by atoms with Gasteiger partial charge in [-0.3, -0.25) is 0 Å². The Kier molecular flexibility index (Phi) is 4.83. The number of hydrogen-bond acceptors (Lipinski definition) is 4. The van der Waals surface area contributed by atoms with E-state index in [9.17, 15) is 8.42 Å². The summed E-state index contributed by atoms with van der Waals surface area (Å²) in [4.78, 5) is 0.316. The fourth-order valence-corrected chi connectivity index (χ4v) is 4.34. The minimum absolute atomic E-state index is 0.309. The Labute approximate surface area is 130 Å². The van der Waals surface area contributed by atoms with Crippen molar-refractivity contribution < 1.29 is 8.42 Å². The van der Waals surface area contributed by atoms with Gasteiger partial charge in [-0.1, -0.05) is 6.07 Å². The van der Waals surface area contributed by atoms with Crippen molar-refractivity contribution in [1.29, 1.82) is 0 Å². The molecule has 21 heavy (non-hydrogen) atoms. The number of benzene rings is 1. The molecule has 0 aliphatic carbocycles. The van der Waals surface area contributed by atoms with Gasteiger partial charge in [-0.15, -0.1) is 0 Å². The molecule has 0 amide bonds. The molecule has 0 fully saturated rings. The van der Waals surface area contributed by atoms with E-state index in [4.69, 9.17) is 5.73 Å². The van der Waals surface area contributed by atoms with Gasteiger partial charge < -0.3 is 5.73 Å². The van der Waals surface area contributed by atoms with Gasteiger partial charge in [0.1, 0.15) is 0 Å². The molecule has 4 nitrogen and oxygen atoms in total. The number of rotatable bonds is 5. The first kappa shape index (κ1) is 16.2. The molecule has 0 atom stereocenters. The highest BCUT2D eigenvalue weighted by molar-refractivity contribution is 7.89. The van der Waals surface area contributed by atoms with E-state index in [1.165, 1.54) is 0 Å². The Balaban J connectivity index is 2.31. The molecular weight excluding hydrogens is 304 g/mol. The van der Waals surface area contributed by atoms with Crippen LogP contribution in [0.1, 0.15) is 27.8 Å². The average Bonchev–Trinajstić information content (AvgIpc) is 2.84. The predicted molar refractivity (Wildman–Crippen MR) is 86.9 cm³/mol. The van der Waals surface area contributed by atoms with Crippen molar-refractivity contribution >= 4 is 21.4 Å². The van der Waals surface area contributed by atoms with Crippen molar-refractivity contribution in [2.75, 3.05) is 0 Å². The molecule has 0 spiro atoms. The SMILES string of the molecule is Cc1cscc1CNS(=O)(=O)c1cc(CN)cc(C)c1C. The molecule has 1 heterocycles. The van der Waals surface area contributed by atoms with Gasteiger partial charge in [0.05, 0.1) is 4.90 Å². The molecule has 114 valence electrons. The van der Waals surface area contributed by atoms with Gasteiger partial charge in [-0.05, 0) is 65.4 Å². The lowest BCUT2D eigenvalue weighted by atomic mass is 10.1. The minimum Gasteiger partial charge on any atom is -0.326 e. The van der Waals surface area contributed by atoms with Gasteiger partial charge >= 0.3 is 0 Å². The van der Waals surface area contributed by atoms with Crippen molar-refractivity contribution in [3.63, 3.8) is 0 Å². The predicted octanol–water partition coefficient (Wildman–Crippen LogP) is 2.61. The lowest BCUT2D eigenvalue weighted by Gasteiger charge is -2.13. The van der Waals surface area contributed by atoms with Crippen molar-refractivity contribution in [1.82, 2.24) is 4.72 Å². The fourth-order valence-electron chi connectivity index (χ4n) is 2.11. The summed E-state index contributed by atoms with van der Waals surface area (Å²) in [5.74, 6) is 0. The third-order valence-electron chi connectivity index (χ3n) is 3.62. The van der Waals surface area contributed by atoms with E-state index >= 15 is 0 Å². The van der Waals surface area contributed by atoms with Crippen LogP contribution in [0.4, 0.5) is 0 Å². The molecule has 1 aromatic carbocycles. The van der Waals surface area contributed by atoms with Crippen LogP contribution in [-0.2, 0) is 23.1 Å². The van der Waals surface area contributed by atoms with Crippen molar-refractivity contribution in [2.24, 2.45) is 5.73 Å². The summed E-state index contributed by atoms with van der Waals surface area (Å²) in [6.07, 6.45) is 0.